The largest absolute Gasteiger partial charge is 0.495 e. The van der Waals surface area contributed by atoms with Gasteiger partial charge in [0.2, 0.25) is 0 Å². The normalized spacial score (nSPS) is 10.2. The van der Waals surface area contributed by atoms with E-state index in [1.807, 2.05) is 6.07 Å². The monoisotopic (exact) mass is 378 g/mol. The second-order valence-electron chi connectivity index (χ2n) is 6.15. The topological polar surface area (TPSA) is 67.4 Å². The summed E-state index contributed by atoms with van der Waals surface area (Å²) in [6.45, 7) is 1.63. The number of hydrogen-bond acceptors (Lipinski definition) is 3. The Bertz CT molecular complexity index is 1020. The van der Waals surface area contributed by atoms with Gasteiger partial charge in [-0.2, -0.15) is 0 Å². The molecule has 5 nitrogen and oxygen atoms in total. The average Bonchev–Trinajstić information content (AvgIpc) is 2.71. The number of carbonyl (C=O) groups is 2. The van der Waals surface area contributed by atoms with Gasteiger partial charge in [0.15, 0.2) is 0 Å². The van der Waals surface area contributed by atoms with Crippen LogP contribution in [-0.2, 0) is 0 Å². The first-order valence-corrected chi connectivity index (χ1v) is 8.60. The zero-order valence-corrected chi connectivity index (χ0v) is 15.5. The van der Waals surface area contributed by atoms with Crippen LogP contribution in [0.5, 0.6) is 5.75 Å². The Morgan fingerprint density at radius 2 is 1.50 bits per heavy atom. The predicted octanol–water partition coefficient (Wildman–Crippen LogP) is 4.65. The van der Waals surface area contributed by atoms with Crippen molar-refractivity contribution < 1.29 is 18.7 Å². The molecule has 0 aliphatic heterocycles. The quantitative estimate of drug-likeness (QED) is 0.679. The van der Waals surface area contributed by atoms with Crippen molar-refractivity contribution in [1.82, 2.24) is 0 Å². The summed E-state index contributed by atoms with van der Waals surface area (Å²) in [6, 6.07) is 17.8. The van der Waals surface area contributed by atoms with Crippen LogP contribution in [0.25, 0.3) is 0 Å². The zero-order chi connectivity index (χ0) is 20.1. The summed E-state index contributed by atoms with van der Waals surface area (Å²) < 4.78 is 18.8. The maximum absolute atomic E-state index is 13.6. The van der Waals surface area contributed by atoms with Crippen molar-refractivity contribution in [1.29, 1.82) is 0 Å². The minimum Gasteiger partial charge on any atom is -0.495 e. The number of methoxy groups -OCH3 is 1. The molecule has 0 saturated heterocycles. The summed E-state index contributed by atoms with van der Waals surface area (Å²) >= 11 is 0. The molecule has 3 aromatic rings. The van der Waals surface area contributed by atoms with E-state index < -0.39 is 11.7 Å². The molecule has 142 valence electrons. The van der Waals surface area contributed by atoms with Crippen LogP contribution in [0.3, 0.4) is 0 Å². The Labute approximate surface area is 162 Å². The van der Waals surface area contributed by atoms with Crippen molar-refractivity contribution in [3.8, 4) is 5.75 Å². The lowest BCUT2D eigenvalue weighted by Gasteiger charge is -2.10. The van der Waals surface area contributed by atoms with Crippen LogP contribution in [0, 0.1) is 12.7 Å². The molecule has 0 radical (unpaired) electrons. The van der Waals surface area contributed by atoms with E-state index in [1.165, 1.54) is 13.2 Å². The first kappa shape index (κ1) is 19.1. The van der Waals surface area contributed by atoms with Crippen LogP contribution in [0.1, 0.15) is 26.3 Å². The molecule has 0 heterocycles. The van der Waals surface area contributed by atoms with E-state index in [0.717, 1.165) is 0 Å². The molecule has 0 aromatic heterocycles. The molecule has 0 aliphatic carbocycles. The summed E-state index contributed by atoms with van der Waals surface area (Å²) in [5.74, 6) is -0.603. The van der Waals surface area contributed by atoms with E-state index in [4.69, 9.17) is 4.74 Å². The van der Waals surface area contributed by atoms with Gasteiger partial charge in [0, 0.05) is 16.8 Å². The number of carbonyl (C=O) groups excluding carboxylic acids is 2. The van der Waals surface area contributed by atoms with Crippen molar-refractivity contribution in [2.24, 2.45) is 0 Å². The Hall–Kier alpha value is -3.67. The molecule has 2 N–H and O–H groups in total. The molecule has 2 amide bonds. The smallest absolute Gasteiger partial charge is 0.255 e. The highest BCUT2D eigenvalue weighted by atomic mass is 19.1. The van der Waals surface area contributed by atoms with E-state index in [2.05, 4.69) is 10.6 Å². The van der Waals surface area contributed by atoms with Crippen LogP contribution in [-0.4, -0.2) is 18.9 Å². The first-order valence-electron chi connectivity index (χ1n) is 8.60. The summed E-state index contributed by atoms with van der Waals surface area (Å²) in [5.41, 5.74) is 2.18. The lowest BCUT2D eigenvalue weighted by molar-refractivity contribution is 0.101. The van der Waals surface area contributed by atoms with Crippen molar-refractivity contribution in [3.05, 3.63) is 89.2 Å². The molecule has 3 rings (SSSR count). The van der Waals surface area contributed by atoms with Crippen LogP contribution < -0.4 is 15.4 Å². The van der Waals surface area contributed by atoms with Crippen molar-refractivity contribution >= 4 is 23.2 Å². The molecule has 0 aliphatic rings. The number of halogens is 1. The molecular formula is C22H19FN2O3. The molecule has 0 spiro atoms. The molecule has 0 fully saturated rings. The van der Waals surface area contributed by atoms with Gasteiger partial charge in [-0.25, -0.2) is 4.39 Å². The fraction of sp³-hybridized carbons (Fsp3) is 0.0909. The van der Waals surface area contributed by atoms with Gasteiger partial charge >= 0.3 is 0 Å². The summed E-state index contributed by atoms with van der Waals surface area (Å²) in [5, 5.41) is 5.46. The minimum atomic E-state index is -0.434. The molecule has 0 atom stereocenters. The number of para-hydroxylation sites is 2. The number of nitrogens with one attached hydrogen (secondary N) is 2. The maximum Gasteiger partial charge on any atom is 0.255 e. The van der Waals surface area contributed by atoms with E-state index in [-0.39, 0.29) is 11.5 Å². The lowest BCUT2D eigenvalue weighted by Crippen LogP contribution is -2.14. The number of aryl methyl sites for hydroxylation is 1. The summed E-state index contributed by atoms with van der Waals surface area (Å²) in [6.07, 6.45) is 0. The third kappa shape index (κ3) is 4.35. The first-order chi connectivity index (χ1) is 13.5. The van der Waals surface area contributed by atoms with Gasteiger partial charge in [-0.3, -0.25) is 9.59 Å². The Morgan fingerprint density at radius 3 is 2.18 bits per heavy atom. The minimum absolute atomic E-state index is 0.223. The number of amides is 2. The van der Waals surface area contributed by atoms with Gasteiger partial charge in [0.1, 0.15) is 11.6 Å². The number of ether oxygens (including phenoxy) is 1. The highest BCUT2D eigenvalue weighted by Gasteiger charge is 2.11. The third-order valence-corrected chi connectivity index (χ3v) is 4.19. The molecule has 28 heavy (non-hydrogen) atoms. The Kier molecular flexibility index (Phi) is 5.69. The zero-order valence-electron chi connectivity index (χ0n) is 15.5. The van der Waals surface area contributed by atoms with Crippen LogP contribution in [0.4, 0.5) is 15.8 Å². The third-order valence-electron chi connectivity index (χ3n) is 4.19. The molecule has 0 unspecified atom stereocenters. The van der Waals surface area contributed by atoms with Gasteiger partial charge < -0.3 is 15.4 Å². The second-order valence-corrected chi connectivity index (χ2v) is 6.15. The summed E-state index contributed by atoms with van der Waals surface area (Å²) in [7, 11) is 1.53. The molecule has 6 heteroatoms. The standard InChI is InChI=1S/C22H19FN2O3/c1-14-7-8-16(13-18(14)23)22(27)24-17-11-9-15(10-12-17)21(26)25-19-5-3-4-6-20(19)28-2/h3-13H,1-2H3,(H,24,27)(H,25,26). The van der Waals surface area contributed by atoms with Gasteiger partial charge in [-0.1, -0.05) is 18.2 Å². The Balaban J connectivity index is 1.68. The average molecular weight is 378 g/mol. The van der Waals surface area contributed by atoms with E-state index in [0.29, 0.717) is 28.3 Å². The number of benzene rings is 3. The number of hydrogen-bond donors (Lipinski definition) is 2. The lowest BCUT2D eigenvalue weighted by atomic mass is 10.1. The highest BCUT2D eigenvalue weighted by Crippen LogP contribution is 2.24. The number of anilines is 2. The highest BCUT2D eigenvalue weighted by molar-refractivity contribution is 6.06. The molecule has 0 saturated carbocycles. The van der Waals surface area contributed by atoms with Crippen LogP contribution >= 0.6 is 0 Å². The van der Waals surface area contributed by atoms with Crippen molar-refractivity contribution in [3.63, 3.8) is 0 Å². The van der Waals surface area contributed by atoms with E-state index in [1.54, 1.807) is 61.5 Å². The van der Waals surface area contributed by atoms with Gasteiger partial charge in [-0.05, 0) is 61.0 Å². The van der Waals surface area contributed by atoms with E-state index in [9.17, 15) is 14.0 Å². The SMILES string of the molecule is COc1ccccc1NC(=O)c1ccc(NC(=O)c2ccc(C)c(F)c2)cc1. The van der Waals surface area contributed by atoms with Gasteiger partial charge in [-0.15, -0.1) is 0 Å². The molecular weight excluding hydrogens is 359 g/mol. The van der Waals surface area contributed by atoms with Crippen molar-refractivity contribution in [2.45, 2.75) is 6.92 Å². The second kappa shape index (κ2) is 8.35. The number of rotatable bonds is 5. The molecule has 3 aromatic carbocycles. The van der Waals surface area contributed by atoms with Gasteiger partial charge in [0.05, 0.1) is 12.8 Å². The maximum atomic E-state index is 13.6. The van der Waals surface area contributed by atoms with Crippen LogP contribution in [0.15, 0.2) is 66.7 Å². The Morgan fingerprint density at radius 1 is 0.857 bits per heavy atom. The van der Waals surface area contributed by atoms with Crippen molar-refractivity contribution in [2.75, 3.05) is 17.7 Å². The summed E-state index contributed by atoms with van der Waals surface area (Å²) in [4.78, 5) is 24.6. The fourth-order valence-corrected chi connectivity index (χ4v) is 2.58. The molecule has 0 bridgehead atoms. The van der Waals surface area contributed by atoms with Crippen LogP contribution in [0.2, 0.25) is 0 Å². The van der Waals surface area contributed by atoms with Gasteiger partial charge in [0.25, 0.3) is 11.8 Å². The predicted molar refractivity (Wildman–Crippen MR) is 106 cm³/mol. The fourth-order valence-electron chi connectivity index (χ4n) is 2.58. The van der Waals surface area contributed by atoms with E-state index >= 15 is 0 Å².